The number of hydrogen-bond acceptors (Lipinski definition) is 5. The van der Waals surface area contributed by atoms with E-state index in [1.54, 1.807) is 18.2 Å². The maximum atomic E-state index is 12.6. The number of anilines is 1. The lowest BCUT2D eigenvalue weighted by molar-refractivity contribution is -0.384. The Morgan fingerprint density at radius 1 is 1.10 bits per heavy atom. The van der Waals surface area contributed by atoms with Crippen LogP contribution in [-0.4, -0.2) is 15.8 Å². The molecular formula is C23H18ClN3O4. The number of carbonyl (C=O) groups excluding carboxylic acids is 1. The van der Waals surface area contributed by atoms with Gasteiger partial charge in [-0.2, -0.15) is 0 Å². The molecule has 0 aliphatic rings. The smallest absolute Gasteiger partial charge is 0.269 e. The third kappa shape index (κ3) is 4.27. The molecule has 0 saturated heterocycles. The maximum Gasteiger partial charge on any atom is 0.269 e. The Morgan fingerprint density at radius 3 is 2.52 bits per heavy atom. The van der Waals surface area contributed by atoms with Crippen LogP contribution in [-0.2, 0) is 0 Å². The fourth-order valence-corrected chi connectivity index (χ4v) is 3.27. The Hall–Kier alpha value is -3.71. The number of amides is 1. The molecule has 1 heterocycles. The van der Waals surface area contributed by atoms with Crippen LogP contribution >= 0.6 is 11.6 Å². The second-order valence-electron chi connectivity index (χ2n) is 7.35. The normalized spacial score (nSPS) is 11.1. The third-order valence-corrected chi connectivity index (χ3v) is 5.21. The molecule has 0 radical (unpaired) electrons. The lowest BCUT2D eigenvalue weighted by atomic mass is 10.0. The summed E-state index contributed by atoms with van der Waals surface area (Å²) in [5.74, 6) is 0.354. The van der Waals surface area contributed by atoms with Gasteiger partial charge in [0.2, 0.25) is 5.89 Å². The number of oxazole rings is 1. The number of benzene rings is 3. The average molecular weight is 436 g/mol. The Labute approximate surface area is 182 Å². The van der Waals surface area contributed by atoms with Gasteiger partial charge < -0.3 is 9.73 Å². The van der Waals surface area contributed by atoms with Crippen molar-refractivity contribution < 1.29 is 14.1 Å². The highest BCUT2D eigenvalue weighted by Gasteiger charge is 2.15. The molecule has 1 amide bonds. The van der Waals surface area contributed by atoms with Crippen LogP contribution in [0.4, 0.5) is 11.4 Å². The van der Waals surface area contributed by atoms with Crippen LogP contribution in [0, 0.1) is 10.1 Å². The van der Waals surface area contributed by atoms with E-state index in [2.05, 4.69) is 24.1 Å². The minimum atomic E-state index is -0.521. The number of non-ortho nitro benzene ring substituents is 1. The van der Waals surface area contributed by atoms with Crippen molar-refractivity contribution in [2.75, 3.05) is 5.32 Å². The molecule has 0 spiro atoms. The van der Waals surface area contributed by atoms with E-state index in [4.69, 9.17) is 16.0 Å². The van der Waals surface area contributed by atoms with E-state index in [9.17, 15) is 14.9 Å². The van der Waals surface area contributed by atoms with Crippen LogP contribution in [0.15, 0.2) is 65.1 Å². The van der Waals surface area contributed by atoms with Gasteiger partial charge in [-0.3, -0.25) is 14.9 Å². The predicted octanol–water partition coefficient (Wildman–Crippen LogP) is 6.43. The SMILES string of the molecule is CC(C)c1ccc2oc(-c3ccc(Cl)c(NC(=O)c4ccc([N+](=O)[O-])cc4)c3)nc2c1. The van der Waals surface area contributed by atoms with Gasteiger partial charge in [0, 0.05) is 23.3 Å². The van der Waals surface area contributed by atoms with Crippen molar-refractivity contribution in [1.29, 1.82) is 0 Å². The molecule has 4 rings (SSSR count). The molecule has 1 aromatic heterocycles. The molecule has 7 nitrogen and oxygen atoms in total. The van der Waals surface area contributed by atoms with Crippen molar-refractivity contribution in [1.82, 2.24) is 4.98 Å². The molecule has 8 heteroatoms. The number of nitro benzene ring substituents is 1. The standard InChI is InChI=1S/C23H18ClN3O4/c1-13(2)15-6-10-21-20(11-15)26-23(31-21)16-5-9-18(24)19(12-16)25-22(28)14-3-7-17(8-4-14)27(29)30/h3-13H,1-2H3,(H,25,28). The molecule has 0 bridgehead atoms. The summed E-state index contributed by atoms with van der Waals surface area (Å²) in [5.41, 5.74) is 3.82. The lowest BCUT2D eigenvalue weighted by Gasteiger charge is -2.08. The van der Waals surface area contributed by atoms with Crippen LogP contribution in [0.1, 0.15) is 35.7 Å². The number of halogens is 1. The van der Waals surface area contributed by atoms with Gasteiger partial charge in [0.1, 0.15) is 5.52 Å². The van der Waals surface area contributed by atoms with Crippen molar-refractivity contribution in [2.45, 2.75) is 19.8 Å². The molecule has 0 atom stereocenters. The van der Waals surface area contributed by atoms with E-state index >= 15 is 0 Å². The van der Waals surface area contributed by atoms with Crippen LogP contribution < -0.4 is 5.32 Å². The summed E-state index contributed by atoms with van der Waals surface area (Å²) in [4.78, 5) is 27.4. The Balaban J connectivity index is 1.61. The van der Waals surface area contributed by atoms with E-state index in [-0.39, 0.29) is 11.3 Å². The van der Waals surface area contributed by atoms with Gasteiger partial charge in [0.05, 0.1) is 15.6 Å². The summed E-state index contributed by atoms with van der Waals surface area (Å²) in [7, 11) is 0. The second kappa shape index (κ2) is 8.20. The zero-order valence-corrected chi connectivity index (χ0v) is 17.5. The first-order chi connectivity index (χ1) is 14.8. The van der Waals surface area contributed by atoms with Crippen LogP contribution in [0.3, 0.4) is 0 Å². The molecule has 0 aliphatic carbocycles. The van der Waals surface area contributed by atoms with Gasteiger partial charge in [-0.15, -0.1) is 0 Å². The Bertz CT molecular complexity index is 1300. The third-order valence-electron chi connectivity index (χ3n) is 4.88. The van der Waals surface area contributed by atoms with Gasteiger partial charge in [0.25, 0.3) is 11.6 Å². The molecule has 0 aliphatic heterocycles. The number of nitrogens with one attached hydrogen (secondary N) is 1. The molecule has 1 N–H and O–H groups in total. The topological polar surface area (TPSA) is 98.3 Å². The monoisotopic (exact) mass is 435 g/mol. The van der Waals surface area contributed by atoms with Crippen LogP contribution in [0.2, 0.25) is 5.02 Å². The van der Waals surface area contributed by atoms with Gasteiger partial charge in [-0.05, 0) is 53.9 Å². The Kier molecular flexibility index (Phi) is 5.44. The minimum Gasteiger partial charge on any atom is -0.436 e. The second-order valence-corrected chi connectivity index (χ2v) is 7.76. The van der Waals surface area contributed by atoms with Gasteiger partial charge >= 0.3 is 0 Å². The molecule has 31 heavy (non-hydrogen) atoms. The number of hydrogen-bond donors (Lipinski definition) is 1. The fraction of sp³-hybridized carbons (Fsp3) is 0.130. The fourth-order valence-electron chi connectivity index (χ4n) is 3.11. The summed E-state index contributed by atoms with van der Waals surface area (Å²) in [6.45, 7) is 4.22. The molecule has 4 aromatic rings. The van der Waals surface area contributed by atoms with Crippen molar-refractivity contribution in [2.24, 2.45) is 0 Å². The average Bonchev–Trinajstić information content (AvgIpc) is 3.18. The summed E-state index contributed by atoms with van der Waals surface area (Å²) in [6, 6.07) is 16.3. The Morgan fingerprint density at radius 2 is 1.84 bits per heavy atom. The van der Waals surface area contributed by atoms with E-state index in [1.165, 1.54) is 29.8 Å². The summed E-state index contributed by atoms with van der Waals surface area (Å²) < 4.78 is 5.88. The summed E-state index contributed by atoms with van der Waals surface area (Å²) in [6.07, 6.45) is 0. The first-order valence-corrected chi connectivity index (χ1v) is 9.96. The number of fused-ring (bicyclic) bond motifs is 1. The van der Waals surface area contributed by atoms with Crippen molar-refractivity contribution in [3.63, 3.8) is 0 Å². The molecule has 156 valence electrons. The van der Waals surface area contributed by atoms with Crippen LogP contribution in [0.25, 0.3) is 22.6 Å². The number of nitrogens with zero attached hydrogens (tertiary/aromatic N) is 2. The van der Waals surface area contributed by atoms with Gasteiger partial charge in [-0.25, -0.2) is 4.98 Å². The summed E-state index contributed by atoms with van der Waals surface area (Å²) >= 11 is 6.26. The zero-order valence-electron chi connectivity index (χ0n) is 16.8. The first-order valence-electron chi connectivity index (χ1n) is 9.58. The molecule has 0 saturated carbocycles. The van der Waals surface area contributed by atoms with E-state index in [0.29, 0.717) is 33.7 Å². The first kappa shape index (κ1) is 20.6. The molecule has 0 unspecified atom stereocenters. The highest BCUT2D eigenvalue weighted by Crippen LogP contribution is 2.31. The van der Waals surface area contributed by atoms with E-state index < -0.39 is 10.8 Å². The van der Waals surface area contributed by atoms with Gasteiger partial charge in [-0.1, -0.05) is 31.5 Å². The highest BCUT2D eigenvalue weighted by atomic mass is 35.5. The largest absolute Gasteiger partial charge is 0.436 e. The minimum absolute atomic E-state index is 0.0897. The molecule has 3 aromatic carbocycles. The molecular weight excluding hydrogens is 418 g/mol. The van der Waals surface area contributed by atoms with E-state index in [0.717, 1.165) is 5.52 Å². The van der Waals surface area contributed by atoms with E-state index in [1.807, 2.05) is 18.2 Å². The van der Waals surface area contributed by atoms with Gasteiger partial charge in [0.15, 0.2) is 5.58 Å². The van der Waals surface area contributed by atoms with Crippen molar-refractivity contribution in [3.8, 4) is 11.5 Å². The maximum absolute atomic E-state index is 12.6. The molecule has 0 fully saturated rings. The quantitative estimate of drug-likeness (QED) is 0.287. The summed E-state index contributed by atoms with van der Waals surface area (Å²) in [5, 5.41) is 13.9. The van der Waals surface area contributed by atoms with Crippen molar-refractivity contribution in [3.05, 3.63) is 86.9 Å². The van der Waals surface area contributed by atoms with Crippen molar-refractivity contribution >= 4 is 40.0 Å². The van der Waals surface area contributed by atoms with Crippen LogP contribution in [0.5, 0.6) is 0 Å². The number of nitro groups is 1. The lowest BCUT2D eigenvalue weighted by Crippen LogP contribution is -2.12. The number of rotatable bonds is 5. The zero-order chi connectivity index (χ0) is 22.1. The number of aromatic nitrogens is 1. The predicted molar refractivity (Wildman–Crippen MR) is 120 cm³/mol. The highest BCUT2D eigenvalue weighted by molar-refractivity contribution is 6.34. The number of carbonyl (C=O) groups is 1.